The number of nitrogens with one attached hydrogen (secondary N) is 2. The first-order chi connectivity index (χ1) is 16.7. The van der Waals surface area contributed by atoms with Crippen LogP contribution >= 0.6 is 15.9 Å². The van der Waals surface area contributed by atoms with Crippen molar-refractivity contribution < 1.29 is 4.42 Å². The number of halogens is 1. The lowest BCUT2D eigenvalue weighted by Crippen LogP contribution is -2.06. The van der Waals surface area contributed by atoms with E-state index in [0.29, 0.717) is 12.4 Å². The van der Waals surface area contributed by atoms with Crippen LogP contribution in [0.1, 0.15) is 18.2 Å². The van der Waals surface area contributed by atoms with E-state index in [9.17, 15) is 0 Å². The molecule has 0 saturated heterocycles. The molecule has 4 aromatic heterocycles. The molecule has 0 spiro atoms. The van der Waals surface area contributed by atoms with Crippen molar-refractivity contribution in [3.05, 3.63) is 76.8 Å². The van der Waals surface area contributed by atoms with E-state index in [2.05, 4.69) is 77.0 Å². The van der Waals surface area contributed by atoms with Crippen LogP contribution < -0.4 is 5.32 Å². The Morgan fingerprint density at radius 1 is 1.12 bits per heavy atom. The van der Waals surface area contributed by atoms with Crippen LogP contribution in [0.25, 0.3) is 39.3 Å². The van der Waals surface area contributed by atoms with E-state index in [0.717, 1.165) is 61.5 Å². The zero-order valence-electron chi connectivity index (χ0n) is 18.2. The van der Waals surface area contributed by atoms with Gasteiger partial charge in [0.05, 0.1) is 10.7 Å². The number of imidazole rings is 1. The highest BCUT2D eigenvalue weighted by atomic mass is 79.9. The maximum absolute atomic E-state index is 6.25. The Balaban J connectivity index is 1.34. The second-order valence-electron chi connectivity index (χ2n) is 7.83. The number of furan rings is 1. The van der Waals surface area contributed by atoms with Crippen molar-refractivity contribution >= 4 is 38.4 Å². The van der Waals surface area contributed by atoms with E-state index >= 15 is 0 Å². The smallest absolute Gasteiger partial charge is 0.180 e. The molecule has 6 rings (SSSR count). The number of anilines is 1. The monoisotopic (exact) mass is 514 g/mol. The van der Waals surface area contributed by atoms with Gasteiger partial charge in [-0.2, -0.15) is 0 Å². The molecule has 0 aliphatic heterocycles. The summed E-state index contributed by atoms with van der Waals surface area (Å²) in [6.45, 7) is 2.74. The Morgan fingerprint density at radius 2 is 2.00 bits per heavy atom. The molecule has 4 heterocycles. The van der Waals surface area contributed by atoms with Gasteiger partial charge in [-0.25, -0.2) is 15.1 Å². The second-order valence-corrected chi connectivity index (χ2v) is 8.63. The third-order valence-corrected chi connectivity index (χ3v) is 6.53. The standard InChI is InChI=1S/C24H19BrN8O/c1-2-15-10-20(33-13-26-12-21(33)28-15)27-11-14-7-8-19-18(9-14)22(25)23(34-19)16-5-3-4-6-17(16)24-29-31-32-30-24/h3-10,12-13,27H,2,11H2,1H3,(H,29,30,31,32). The number of nitrogens with zero attached hydrogens (tertiary/aromatic N) is 6. The lowest BCUT2D eigenvalue weighted by atomic mass is 10.0. The highest BCUT2D eigenvalue weighted by Gasteiger charge is 2.19. The Kier molecular flexibility index (Phi) is 5.06. The molecule has 0 fully saturated rings. The summed E-state index contributed by atoms with van der Waals surface area (Å²) in [7, 11) is 0. The number of aromatic nitrogens is 7. The molecule has 9 nitrogen and oxygen atoms in total. The number of aromatic amines is 1. The lowest BCUT2D eigenvalue weighted by Gasteiger charge is -2.10. The highest BCUT2D eigenvalue weighted by molar-refractivity contribution is 9.10. The second kappa shape index (κ2) is 8.38. The third kappa shape index (κ3) is 3.52. The summed E-state index contributed by atoms with van der Waals surface area (Å²) in [6, 6.07) is 16.1. The van der Waals surface area contributed by atoms with Gasteiger partial charge in [0, 0.05) is 34.8 Å². The quantitative estimate of drug-likeness (QED) is 0.311. The van der Waals surface area contributed by atoms with Crippen molar-refractivity contribution in [2.75, 3.05) is 5.32 Å². The lowest BCUT2D eigenvalue weighted by molar-refractivity contribution is 0.630. The zero-order chi connectivity index (χ0) is 23.1. The minimum Gasteiger partial charge on any atom is -0.455 e. The molecule has 0 radical (unpaired) electrons. The Morgan fingerprint density at radius 3 is 2.82 bits per heavy atom. The summed E-state index contributed by atoms with van der Waals surface area (Å²) in [4.78, 5) is 8.84. The van der Waals surface area contributed by atoms with Crippen LogP contribution in [-0.4, -0.2) is 35.0 Å². The first kappa shape index (κ1) is 20.5. The minimum absolute atomic E-state index is 0.586. The predicted molar refractivity (Wildman–Crippen MR) is 132 cm³/mol. The summed E-state index contributed by atoms with van der Waals surface area (Å²) in [5.74, 6) is 2.28. The summed E-state index contributed by atoms with van der Waals surface area (Å²) in [5, 5.41) is 18.8. The van der Waals surface area contributed by atoms with E-state index in [1.807, 2.05) is 34.7 Å². The van der Waals surface area contributed by atoms with Gasteiger partial charge >= 0.3 is 0 Å². The van der Waals surface area contributed by atoms with Crippen LogP contribution in [0.5, 0.6) is 0 Å². The van der Waals surface area contributed by atoms with Crippen LogP contribution in [0, 0.1) is 0 Å². The molecule has 10 heteroatoms. The zero-order valence-corrected chi connectivity index (χ0v) is 19.7. The molecule has 2 N–H and O–H groups in total. The number of hydrogen-bond acceptors (Lipinski definition) is 7. The van der Waals surface area contributed by atoms with Crippen molar-refractivity contribution in [3.63, 3.8) is 0 Å². The van der Waals surface area contributed by atoms with Crippen LogP contribution in [0.2, 0.25) is 0 Å². The molecule has 0 amide bonds. The van der Waals surface area contributed by atoms with Crippen LogP contribution in [0.3, 0.4) is 0 Å². The predicted octanol–water partition coefficient (Wildman–Crippen LogP) is 5.26. The normalized spacial score (nSPS) is 11.5. The molecule has 0 unspecified atom stereocenters. The van der Waals surface area contributed by atoms with E-state index < -0.39 is 0 Å². The summed E-state index contributed by atoms with van der Waals surface area (Å²) in [5.41, 5.74) is 5.54. The average molecular weight is 515 g/mol. The SMILES string of the molecule is CCc1cc(NCc2ccc3oc(-c4ccccc4-c4nnn[nH]4)c(Br)c3c2)n2cncc2n1. The van der Waals surface area contributed by atoms with Gasteiger partial charge in [-0.1, -0.05) is 37.3 Å². The van der Waals surface area contributed by atoms with Crippen LogP contribution in [0.4, 0.5) is 5.82 Å². The molecule has 0 bridgehead atoms. The molecule has 0 saturated carbocycles. The molecule has 2 aromatic carbocycles. The number of benzene rings is 2. The maximum Gasteiger partial charge on any atom is 0.180 e. The number of hydrogen-bond donors (Lipinski definition) is 2. The molecular weight excluding hydrogens is 496 g/mol. The van der Waals surface area contributed by atoms with Gasteiger partial charge in [0.1, 0.15) is 23.5 Å². The van der Waals surface area contributed by atoms with Crippen molar-refractivity contribution in [3.8, 4) is 22.7 Å². The van der Waals surface area contributed by atoms with E-state index in [1.165, 1.54) is 0 Å². The van der Waals surface area contributed by atoms with Gasteiger partial charge in [0.15, 0.2) is 11.5 Å². The van der Waals surface area contributed by atoms with Crippen molar-refractivity contribution in [2.45, 2.75) is 19.9 Å². The highest BCUT2D eigenvalue weighted by Crippen LogP contribution is 2.41. The largest absolute Gasteiger partial charge is 0.455 e. The minimum atomic E-state index is 0.586. The van der Waals surface area contributed by atoms with Crippen LogP contribution in [0.15, 0.2) is 69.9 Å². The molecule has 34 heavy (non-hydrogen) atoms. The topological polar surface area (TPSA) is 110 Å². The number of rotatable bonds is 6. The number of fused-ring (bicyclic) bond motifs is 2. The van der Waals surface area contributed by atoms with Gasteiger partial charge < -0.3 is 9.73 Å². The Bertz CT molecular complexity index is 1620. The molecular formula is C24H19BrN8O. The fourth-order valence-electron chi connectivity index (χ4n) is 4.03. The average Bonchev–Trinajstić information content (AvgIpc) is 3.63. The van der Waals surface area contributed by atoms with Crippen molar-refractivity contribution in [1.29, 1.82) is 0 Å². The van der Waals surface area contributed by atoms with Crippen LogP contribution in [-0.2, 0) is 13.0 Å². The Labute approximate surface area is 202 Å². The third-order valence-electron chi connectivity index (χ3n) is 5.74. The van der Waals surface area contributed by atoms with E-state index in [-0.39, 0.29) is 0 Å². The van der Waals surface area contributed by atoms with E-state index in [1.54, 1.807) is 12.5 Å². The molecule has 0 atom stereocenters. The molecule has 168 valence electrons. The summed E-state index contributed by atoms with van der Waals surface area (Å²) in [6.07, 6.45) is 4.40. The first-order valence-electron chi connectivity index (χ1n) is 10.8. The molecule has 6 aromatic rings. The molecule has 0 aliphatic carbocycles. The van der Waals surface area contributed by atoms with Gasteiger partial charge in [-0.15, -0.1) is 5.10 Å². The van der Waals surface area contributed by atoms with Gasteiger partial charge in [-0.05, 0) is 50.5 Å². The fourth-order valence-corrected chi connectivity index (χ4v) is 4.64. The molecule has 0 aliphatic rings. The van der Waals surface area contributed by atoms with Gasteiger partial charge in [-0.3, -0.25) is 4.40 Å². The first-order valence-corrected chi connectivity index (χ1v) is 11.6. The van der Waals surface area contributed by atoms with Crippen molar-refractivity contribution in [2.24, 2.45) is 0 Å². The fraction of sp³-hybridized carbons (Fsp3) is 0.125. The maximum atomic E-state index is 6.25. The van der Waals surface area contributed by atoms with Gasteiger partial charge in [0.2, 0.25) is 0 Å². The van der Waals surface area contributed by atoms with E-state index in [4.69, 9.17) is 4.42 Å². The number of aryl methyl sites for hydroxylation is 1. The Hall–Kier alpha value is -4.05. The summed E-state index contributed by atoms with van der Waals surface area (Å²) < 4.78 is 9.09. The summed E-state index contributed by atoms with van der Waals surface area (Å²) >= 11 is 3.77. The number of H-pyrrole nitrogens is 1. The number of tetrazole rings is 1. The van der Waals surface area contributed by atoms with Gasteiger partial charge in [0.25, 0.3) is 0 Å². The van der Waals surface area contributed by atoms with Crippen molar-refractivity contribution in [1.82, 2.24) is 35.0 Å².